The summed E-state index contributed by atoms with van der Waals surface area (Å²) >= 11 is 1.37. The quantitative estimate of drug-likeness (QED) is 0.814. The predicted molar refractivity (Wildman–Crippen MR) is 103 cm³/mol. The van der Waals surface area contributed by atoms with E-state index in [1.807, 2.05) is 19.1 Å². The highest BCUT2D eigenvalue weighted by atomic mass is 32.2. The predicted octanol–water partition coefficient (Wildman–Crippen LogP) is 3.31. The monoisotopic (exact) mass is 373 g/mol. The number of amides is 1. The lowest BCUT2D eigenvalue weighted by molar-refractivity contribution is -0.120. The highest BCUT2D eigenvalue weighted by Gasteiger charge is 2.28. The first-order valence-electron chi connectivity index (χ1n) is 9.24. The molecule has 26 heavy (non-hydrogen) atoms. The van der Waals surface area contributed by atoms with Crippen LogP contribution in [0.3, 0.4) is 0 Å². The van der Waals surface area contributed by atoms with Crippen LogP contribution in [-0.4, -0.2) is 37.9 Å². The van der Waals surface area contributed by atoms with E-state index in [2.05, 4.69) is 47.7 Å². The summed E-state index contributed by atoms with van der Waals surface area (Å²) in [6, 6.07) is 6.43. The van der Waals surface area contributed by atoms with Crippen molar-refractivity contribution in [1.29, 1.82) is 0 Å². The van der Waals surface area contributed by atoms with Gasteiger partial charge in [-0.25, -0.2) is 0 Å². The molecule has 1 aromatic carbocycles. The van der Waals surface area contributed by atoms with E-state index in [-0.39, 0.29) is 11.9 Å². The molecule has 0 saturated heterocycles. The van der Waals surface area contributed by atoms with Gasteiger partial charge in [-0.3, -0.25) is 4.79 Å². The number of nitrogens with zero attached hydrogens (tertiary/aromatic N) is 4. The van der Waals surface area contributed by atoms with Crippen molar-refractivity contribution >= 4 is 17.7 Å². The Kier molecular flexibility index (Phi) is 5.96. The highest BCUT2D eigenvalue weighted by molar-refractivity contribution is 7.99. The molecule has 0 spiro atoms. The Hall–Kier alpha value is -1.89. The number of hydrogen-bond acceptors (Lipinski definition) is 5. The minimum atomic E-state index is 0.0520. The number of hydrogen-bond donors (Lipinski definition) is 1. The number of benzene rings is 1. The van der Waals surface area contributed by atoms with Crippen molar-refractivity contribution in [3.05, 3.63) is 29.3 Å². The normalized spacial score (nSPS) is 23.0. The van der Waals surface area contributed by atoms with Crippen LogP contribution in [0.15, 0.2) is 23.4 Å². The molecule has 0 bridgehead atoms. The van der Waals surface area contributed by atoms with E-state index in [9.17, 15) is 4.79 Å². The van der Waals surface area contributed by atoms with Gasteiger partial charge in [0.1, 0.15) is 0 Å². The van der Waals surface area contributed by atoms with Gasteiger partial charge >= 0.3 is 0 Å². The van der Waals surface area contributed by atoms with Crippen LogP contribution >= 0.6 is 11.8 Å². The van der Waals surface area contributed by atoms with Crippen LogP contribution in [0.1, 0.15) is 44.2 Å². The van der Waals surface area contributed by atoms with E-state index in [4.69, 9.17) is 0 Å². The van der Waals surface area contributed by atoms with Gasteiger partial charge in [0.2, 0.25) is 11.1 Å². The Morgan fingerprint density at radius 2 is 2.12 bits per heavy atom. The second-order valence-corrected chi connectivity index (χ2v) is 8.34. The third kappa shape index (κ3) is 4.26. The number of carbonyl (C=O) groups is 1. The molecule has 3 atom stereocenters. The van der Waals surface area contributed by atoms with Crippen molar-refractivity contribution in [1.82, 2.24) is 25.5 Å². The SMILES string of the molecule is Cc1ccc(-n2nnnc2SCC(=O)N[C@H]2CCC[C@H](C)[C@@H]2C)c(C)c1. The maximum atomic E-state index is 12.4. The van der Waals surface area contributed by atoms with E-state index in [1.165, 1.54) is 30.2 Å². The molecule has 7 heteroatoms. The van der Waals surface area contributed by atoms with Gasteiger partial charge in [-0.15, -0.1) is 5.10 Å². The van der Waals surface area contributed by atoms with Crippen LogP contribution in [0, 0.1) is 25.7 Å². The molecule has 1 aliphatic carbocycles. The summed E-state index contributed by atoms with van der Waals surface area (Å²) in [6.45, 7) is 8.61. The van der Waals surface area contributed by atoms with Crippen LogP contribution < -0.4 is 5.32 Å². The van der Waals surface area contributed by atoms with Gasteiger partial charge in [-0.05, 0) is 54.2 Å². The van der Waals surface area contributed by atoms with E-state index < -0.39 is 0 Å². The summed E-state index contributed by atoms with van der Waals surface area (Å²) in [5.74, 6) is 1.57. The fraction of sp³-hybridized carbons (Fsp3) is 0.579. The zero-order chi connectivity index (χ0) is 18.7. The Balaban J connectivity index is 1.62. The molecular formula is C19H27N5OS. The molecule has 1 fully saturated rings. The van der Waals surface area contributed by atoms with Crippen LogP contribution in [0.25, 0.3) is 5.69 Å². The smallest absolute Gasteiger partial charge is 0.230 e. The lowest BCUT2D eigenvalue weighted by Gasteiger charge is -2.34. The number of aryl methyl sites for hydroxylation is 2. The first kappa shape index (κ1) is 18.9. The maximum Gasteiger partial charge on any atom is 0.230 e. The van der Waals surface area contributed by atoms with Gasteiger partial charge < -0.3 is 5.32 Å². The molecule has 1 heterocycles. The molecule has 2 aromatic rings. The standard InChI is InChI=1S/C19H27N5OS/c1-12-8-9-17(14(3)10-12)24-19(21-22-23-24)26-11-18(25)20-16-7-5-6-13(2)15(16)4/h8-10,13,15-16H,5-7,11H2,1-4H3,(H,20,25)/t13-,15-,16-/m0/s1. The minimum Gasteiger partial charge on any atom is -0.352 e. The lowest BCUT2D eigenvalue weighted by atomic mass is 9.78. The van der Waals surface area contributed by atoms with Crippen LogP contribution in [0.4, 0.5) is 0 Å². The van der Waals surface area contributed by atoms with Crippen molar-refractivity contribution in [3.8, 4) is 5.69 Å². The molecule has 1 amide bonds. The third-order valence-electron chi connectivity index (χ3n) is 5.41. The van der Waals surface area contributed by atoms with Crippen LogP contribution in [0.5, 0.6) is 0 Å². The molecule has 3 rings (SSSR count). The lowest BCUT2D eigenvalue weighted by Crippen LogP contribution is -2.44. The van der Waals surface area contributed by atoms with Gasteiger partial charge in [0.05, 0.1) is 11.4 Å². The van der Waals surface area contributed by atoms with Gasteiger partial charge in [0.15, 0.2) is 0 Å². The van der Waals surface area contributed by atoms with Crippen molar-refractivity contribution < 1.29 is 4.79 Å². The van der Waals surface area contributed by atoms with E-state index in [1.54, 1.807) is 4.68 Å². The largest absolute Gasteiger partial charge is 0.352 e. The second kappa shape index (κ2) is 8.20. The molecule has 1 aromatic heterocycles. The van der Waals surface area contributed by atoms with Crippen molar-refractivity contribution in [2.24, 2.45) is 11.8 Å². The molecule has 1 saturated carbocycles. The molecule has 1 aliphatic rings. The zero-order valence-electron chi connectivity index (χ0n) is 15.9. The van der Waals surface area contributed by atoms with E-state index >= 15 is 0 Å². The number of carbonyl (C=O) groups excluding carboxylic acids is 1. The summed E-state index contributed by atoms with van der Waals surface area (Å²) in [6.07, 6.45) is 3.52. The molecule has 0 unspecified atom stereocenters. The molecule has 0 radical (unpaired) electrons. The Labute approximate surface area is 159 Å². The summed E-state index contributed by atoms with van der Waals surface area (Å²) in [7, 11) is 0. The Bertz CT molecular complexity index is 775. The topological polar surface area (TPSA) is 72.7 Å². The number of rotatable bonds is 5. The molecular weight excluding hydrogens is 346 g/mol. The van der Waals surface area contributed by atoms with E-state index in [0.29, 0.717) is 22.7 Å². The summed E-state index contributed by atoms with van der Waals surface area (Å²) in [4.78, 5) is 12.4. The average molecular weight is 374 g/mol. The van der Waals surface area contributed by atoms with Crippen molar-refractivity contribution in [2.75, 3.05) is 5.75 Å². The number of aromatic nitrogens is 4. The molecule has 1 N–H and O–H groups in total. The van der Waals surface area contributed by atoms with Gasteiger partial charge in [0, 0.05) is 6.04 Å². The third-order valence-corrected chi connectivity index (χ3v) is 6.33. The minimum absolute atomic E-state index is 0.0520. The second-order valence-electron chi connectivity index (χ2n) is 7.39. The van der Waals surface area contributed by atoms with Gasteiger partial charge in [-0.2, -0.15) is 4.68 Å². The first-order valence-corrected chi connectivity index (χ1v) is 10.2. The van der Waals surface area contributed by atoms with Crippen molar-refractivity contribution in [3.63, 3.8) is 0 Å². The summed E-state index contributed by atoms with van der Waals surface area (Å²) < 4.78 is 1.71. The Morgan fingerprint density at radius 3 is 2.88 bits per heavy atom. The summed E-state index contributed by atoms with van der Waals surface area (Å²) in [5, 5.41) is 15.8. The molecule has 0 aliphatic heterocycles. The summed E-state index contributed by atoms with van der Waals surface area (Å²) in [5.41, 5.74) is 3.25. The van der Waals surface area contributed by atoms with Crippen molar-refractivity contribution in [2.45, 2.75) is 58.2 Å². The molecule has 6 nitrogen and oxygen atoms in total. The first-order chi connectivity index (χ1) is 12.5. The van der Waals surface area contributed by atoms with Gasteiger partial charge in [-0.1, -0.05) is 56.1 Å². The Morgan fingerprint density at radius 1 is 1.31 bits per heavy atom. The average Bonchev–Trinajstić information content (AvgIpc) is 3.05. The number of thioether (sulfide) groups is 1. The number of tetrazole rings is 1. The number of nitrogens with one attached hydrogen (secondary N) is 1. The molecule has 140 valence electrons. The van der Waals surface area contributed by atoms with Crippen LogP contribution in [-0.2, 0) is 4.79 Å². The van der Waals surface area contributed by atoms with Crippen LogP contribution in [0.2, 0.25) is 0 Å². The zero-order valence-corrected chi connectivity index (χ0v) is 16.7. The van der Waals surface area contributed by atoms with E-state index in [0.717, 1.165) is 17.7 Å². The fourth-order valence-corrected chi connectivity index (χ4v) is 4.32. The highest BCUT2D eigenvalue weighted by Crippen LogP contribution is 2.29. The maximum absolute atomic E-state index is 12.4. The fourth-order valence-electron chi connectivity index (χ4n) is 3.63. The van der Waals surface area contributed by atoms with Gasteiger partial charge in [0.25, 0.3) is 0 Å².